The van der Waals surface area contributed by atoms with Gasteiger partial charge in [-0.2, -0.15) is 0 Å². The molecule has 0 atom stereocenters. The Balaban J connectivity index is 0.000000229. The lowest BCUT2D eigenvalue weighted by atomic mass is 9.89. The molecule has 0 spiro atoms. The smallest absolute Gasteiger partial charge is 0.228 e. The Morgan fingerprint density at radius 1 is 1.09 bits per heavy atom. The number of aromatic nitrogens is 1. The van der Waals surface area contributed by atoms with Gasteiger partial charge >= 0.3 is 0 Å². The summed E-state index contributed by atoms with van der Waals surface area (Å²) in [7, 11) is 0. The van der Waals surface area contributed by atoms with Crippen LogP contribution in [0.5, 0.6) is 5.75 Å². The zero-order chi connectivity index (χ0) is 16.5. The molecule has 3 rings (SSSR count). The van der Waals surface area contributed by atoms with Crippen LogP contribution in [0.15, 0.2) is 48.7 Å². The van der Waals surface area contributed by atoms with Gasteiger partial charge in [0.25, 0.3) is 0 Å². The summed E-state index contributed by atoms with van der Waals surface area (Å²) in [5.41, 5.74) is 0. The Kier molecular flexibility index (Phi) is 6.88. The number of anilines is 1. The van der Waals surface area contributed by atoms with Crippen molar-refractivity contribution >= 4 is 23.3 Å². The first-order valence-electron chi connectivity index (χ1n) is 7.81. The van der Waals surface area contributed by atoms with Gasteiger partial charge in [0.2, 0.25) is 5.91 Å². The van der Waals surface area contributed by atoms with E-state index >= 15 is 0 Å². The number of carbonyl (C=O) groups excluding carboxylic acids is 1. The molecule has 0 aliphatic heterocycles. The van der Waals surface area contributed by atoms with Crippen molar-refractivity contribution < 1.29 is 9.90 Å². The monoisotopic (exact) mass is 332 g/mol. The Labute approximate surface area is 141 Å². The molecule has 2 N–H and O–H groups in total. The van der Waals surface area contributed by atoms with Gasteiger partial charge in [-0.1, -0.05) is 49.1 Å². The van der Waals surface area contributed by atoms with Crippen molar-refractivity contribution in [3.05, 3.63) is 53.7 Å². The molecule has 0 unspecified atom stereocenters. The van der Waals surface area contributed by atoms with Crippen LogP contribution in [0.2, 0.25) is 5.02 Å². The molecule has 1 saturated carbocycles. The van der Waals surface area contributed by atoms with Crippen LogP contribution >= 0.6 is 11.6 Å². The van der Waals surface area contributed by atoms with E-state index in [0.29, 0.717) is 5.82 Å². The van der Waals surface area contributed by atoms with E-state index in [9.17, 15) is 4.79 Å². The predicted molar refractivity (Wildman–Crippen MR) is 92.6 cm³/mol. The summed E-state index contributed by atoms with van der Waals surface area (Å²) >= 11 is 5.54. The normalized spacial score (nSPS) is 14.5. The first-order valence-corrected chi connectivity index (χ1v) is 8.19. The van der Waals surface area contributed by atoms with Crippen LogP contribution in [0.25, 0.3) is 0 Å². The fourth-order valence-electron chi connectivity index (χ4n) is 2.47. The summed E-state index contributed by atoms with van der Waals surface area (Å²) in [5, 5.41) is 12.6. The lowest BCUT2D eigenvalue weighted by molar-refractivity contribution is -0.120. The van der Waals surface area contributed by atoms with Gasteiger partial charge in [-0.25, -0.2) is 4.98 Å². The number of rotatable bonds is 2. The van der Waals surface area contributed by atoms with Crippen LogP contribution in [-0.4, -0.2) is 16.0 Å². The molecule has 4 nitrogen and oxygen atoms in total. The van der Waals surface area contributed by atoms with Gasteiger partial charge in [0.1, 0.15) is 11.6 Å². The molecule has 2 aromatic rings. The lowest BCUT2D eigenvalue weighted by Gasteiger charge is -2.20. The van der Waals surface area contributed by atoms with Crippen LogP contribution in [0, 0.1) is 5.92 Å². The highest BCUT2D eigenvalue weighted by Gasteiger charge is 2.21. The molecule has 1 fully saturated rings. The highest BCUT2D eigenvalue weighted by atomic mass is 35.5. The number of halogens is 1. The highest BCUT2D eigenvalue weighted by Crippen LogP contribution is 2.24. The molecule has 0 radical (unpaired) electrons. The SMILES string of the molecule is Clc1ccccc1.O=C(Nc1ccc(O)cn1)C1CCCCC1. The maximum absolute atomic E-state index is 11.8. The third-order valence-corrected chi connectivity index (χ3v) is 3.96. The molecule has 1 aromatic carbocycles. The molecule has 1 aliphatic rings. The average Bonchev–Trinajstić information content (AvgIpc) is 2.59. The Hall–Kier alpha value is -2.07. The van der Waals surface area contributed by atoms with Crippen molar-refractivity contribution in [3.8, 4) is 5.75 Å². The van der Waals surface area contributed by atoms with Crippen LogP contribution in [0.4, 0.5) is 5.82 Å². The summed E-state index contributed by atoms with van der Waals surface area (Å²) in [5.74, 6) is 0.797. The van der Waals surface area contributed by atoms with E-state index < -0.39 is 0 Å². The van der Waals surface area contributed by atoms with Crippen molar-refractivity contribution in [2.75, 3.05) is 5.32 Å². The minimum Gasteiger partial charge on any atom is -0.506 e. The molecule has 0 saturated heterocycles. The summed E-state index contributed by atoms with van der Waals surface area (Å²) in [4.78, 5) is 15.8. The number of amides is 1. The first kappa shape index (κ1) is 17.3. The number of nitrogens with one attached hydrogen (secondary N) is 1. The van der Waals surface area contributed by atoms with Gasteiger partial charge in [0, 0.05) is 10.9 Å². The van der Waals surface area contributed by atoms with Crippen molar-refractivity contribution in [1.29, 1.82) is 0 Å². The quantitative estimate of drug-likeness (QED) is 0.841. The van der Waals surface area contributed by atoms with Crippen molar-refractivity contribution in [3.63, 3.8) is 0 Å². The molecule has 122 valence electrons. The van der Waals surface area contributed by atoms with Gasteiger partial charge in [0.05, 0.1) is 6.20 Å². The Morgan fingerprint density at radius 2 is 1.78 bits per heavy atom. The number of nitrogens with zero attached hydrogens (tertiary/aromatic N) is 1. The minimum absolute atomic E-state index is 0.0536. The molecular weight excluding hydrogens is 312 g/mol. The number of hydrogen-bond donors (Lipinski definition) is 2. The molecular formula is C18H21ClN2O2. The van der Waals surface area contributed by atoms with E-state index in [4.69, 9.17) is 16.7 Å². The number of benzene rings is 1. The topological polar surface area (TPSA) is 62.2 Å². The molecule has 1 aromatic heterocycles. The maximum Gasteiger partial charge on any atom is 0.228 e. The molecule has 1 amide bonds. The molecule has 1 aliphatic carbocycles. The third-order valence-electron chi connectivity index (χ3n) is 3.71. The second kappa shape index (κ2) is 9.16. The van der Waals surface area contributed by atoms with Crippen molar-refractivity contribution in [2.45, 2.75) is 32.1 Å². The maximum atomic E-state index is 11.8. The van der Waals surface area contributed by atoms with Crippen LogP contribution < -0.4 is 5.32 Å². The first-order chi connectivity index (χ1) is 11.1. The Bertz CT molecular complexity index is 596. The van der Waals surface area contributed by atoms with E-state index in [2.05, 4.69) is 10.3 Å². The lowest BCUT2D eigenvalue weighted by Crippen LogP contribution is -2.25. The van der Waals surface area contributed by atoms with Gasteiger partial charge < -0.3 is 10.4 Å². The minimum atomic E-state index is 0.0536. The van der Waals surface area contributed by atoms with E-state index in [1.54, 1.807) is 6.07 Å². The number of aromatic hydroxyl groups is 1. The summed E-state index contributed by atoms with van der Waals surface area (Å²) in [6.07, 6.45) is 6.80. The summed E-state index contributed by atoms with van der Waals surface area (Å²) in [6, 6.07) is 12.6. The zero-order valence-corrected chi connectivity index (χ0v) is 13.7. The standard InChI is InChI=1S/C12H16N2O2.C6H5Cl/c15-10-6-7-11(13-8-10)14-12(16)9-4-2-1-3-5-9;7-6-4-2-1-3-5-6/h6-9,15H,1-5H2,(H,13,14,16);1-5H. The summed E-state index contributed by atoms with van der Waals surface area (Å²) < 4.78 is 0. The fraction of sp³-hybridized carbons (Fsp3) is 0.333. The van der Waals surface area contributed by atoms with E-state index in [1.807, 2.05) is 30.3 Å². The fourth-order valence-corrected chi connectivity index (χ4v) is 2.61. The molecule has 1 heterocycles. The van der Waals surface area contributed by atoms with Gasteiger partial charge in [-0.05, 0) is 37.1 Å². The molecule has 23 heavy (non-hydrogen) atoms. The van der Waals surface area contributed by atoms with Gasteiger partial charge in [0.15, 0.2) is 0 Å². The van der Waals surface area contributed by atoms with Gasteiger partial charge in [-0.15, -0.1) is 0 Å². The largest absolute Gasteiger partial charge is 0.506 e. The predicted octanol–water partition coefficient (Wildman–Crippen LogP) is 4.65. The van der Waals surface area contributed by atoms with Gasteiger partial charge in [-0.3, -0.25) is 4.79 Å². The number of hydrogen-bond acceptors (Lipinski definition) is 3. The summed E-state index contributed by atoms with van der Waals surface area (Å²) in [6.45, 7) is 0. The van der Waals surface area contributed by atoms with E-state index in [-0.39, 0.29) is 17.6 Å². The zero-order valence-electron chi connectivity index (χ0n) is 12.9. The average molecular weight is 333 g/mol. The second-order valence-corrected chi connectivity index (χ2v) is 5.96. The molecule has 5 heteroatoms. The van der Waals surface area contributed by atoms with E-state index in [1.165, 1.54) is 18.7 Å². The third kappa shape index (κ3) is 6.28. The second-order valence-electron chi connectivity index (χ2n) is 5.52. The highest BCUT2D eigenvalue weighted by molar-refractivity contribution is 6.30. The molecule has 0 bridgehead atoms. The van der Waals surface area contributed by atoms with Crippen LogP contribution in [0.3, 0.4) is 0 Å². The van der Waals surface area contributed by atoms with Crippen molar-refractivity contribution in [1.82, 2.24) is 4.98 Å². The van der Waals surface area contributed by atoms with E-state index in [0.717, 1.165) is 30.7 Å². The Morgan fingerprint density at radius 3 is 2.30 bits per heavy atom. The van der Waals surface area contributed by atoms with Crippen LogP contribution in [0.1, 0.15) is 32.1 Å². The number of pyridine rings is 1. The van der Waals surface area contributed by atoms with Crippen LogP contribution in [-0.2, 0) is 4.79 Å². The van der Waals surface area contributed by atoms with Crippen molar-refractivity contribution in [2.24, 2.45) is 5.92 Å². The number of carbonyl (C=O) groups is 1.